The molecule has 7 rings (SSSR count). The monoisotopic (exact) mass is 640 g/mol. The second-order valence-electron chi connectivity index (χ2n) is 12.5. The van der Waals surface area contributed by atoms with Crippen LogP contribution in [0.5, 0.6) is 5.88 Å². The molecule has 0 radical (unpaired) electrons. The molecule has 2 fully saturated rings. The van der Waals surface area contributed by atoms with Crippen molar-refractivity contribution in [3.05, 3.63) is 84.8 Å². The van der Waals surface area contributed by atoms with Crippen LogP contribution in [-0.2, 0) is 26.1 Å². The van der Waals surface area contributed by atoms with Crippen molar-refractivity contribution in [1.82, 2.24) is 19.4 Å². The van der Waals surface area contributed by atoms with Gasteiger partial charge in [0.2, 0.25) is 5.88 Å². The number of pyridine rings is 2. The molecule has 0 bridgehead atoms. The summed E-state index contributed by atoms with van der Waals surface area (Å²) in [5.41, 5.74) is 5.53. The lowest BCUT2D eigenvalue weighted by molar-refractivity contribution is -0.111. The van der Waals surface area contributed by atoms with Crippen molar-refractivity contribution in [2.45, 2.75) is 62.2 Å². The summed E-state index contributed by atoms with van der Waals surface area (Å²) >= 11 is 0. The molecule has 5 aromatic rings. The second-order valence-corrected chi connectivity index (χ2v) is 14.1. The van der Waals surface area contributed by atoms with Crippen LogP contribution in [-0.4, -0.2) is 72.4 Å². The molecule has 2 aliphatic rings. The normalized spacial score (nSPS) is 19.4. The Morgan fingerprint density at radius 2 is 1.63 bits per heavy atom. The lowest BCUT2D eigenvalue weighted by Crippen LogP contribution is -2.44. The molecule has 2 aromatic carbocycles. The maximum absolute atomic E-state index is 12.4. The van der Waals surface area contributed by atoms with E-state index in [0.29, 0.717) is 12.3 Å². The van der Waals surface area contributed by atoms with E-state index in [1.807, 2.05) is 37.6 Å². The van der Waals surface area contributed by atoms with Gasteiger partial charge in [-0.25, -0.2) is 4.98 Å². The fourth-order valence-electron chi connectivity index (χ4n) is 6.52. The van der Waals surface area contributed by atoms with Crippen molar-refractivity contribution >= 4 is 31.9 Å². The van der Waals surface area contributed by atoms with Gasteiger partial charge in [-0.05, 0) is 62.1 Å². The van der Waals surface area contributed by atoms with Crippen LogP contribution < -0.4 is 4.74 Å². The lowest BCUT2D eigenvalue weighted by Gasteiger charge is -2.39. The minimum atomic E-state index is -3.70. The Hall–Kier alpha value is -3.83. The largest absolute Gasteiger partial charge is 0.474 e. The SMILES string of the molecule is Cc1ccc(S(=O)(=O)OCCCN2CCC(O[C@H]3C[C@H](Oc4ccc(-c5ccc6c7cnccc7n(C)c6c5)cn4)C3)CC2)cc1. The molecule has 9 nitrogen and oxygen atoms in total. The van der Waals surface area contributed by atoms with E-state index in [4.69, 9.17) is 13.7 Å². The molecular weight excluding hydrogens is 600 g/mol. The molecule has 0 atom stereocenters. The number of hydrogen-bond donors (Lipinski definition) is 0. The fraction of sp³-hybridized carbons (Fsp3) is 0.389. The van der Waals surface area contributed by atoms with Crippen LogP contribution in [0.4, 0.5) is 0 Å². The maximum Gasteiger partial charge on any atom is 0.296 e. The van der Waals surface area contributed by atoms with Gasteiger partial charge in [0.1, 0.15) is 6.10 Å². The molecule has 1 saturated carbocycles. The molecule has 3 aromatic heterocycles. The number of rotatable bonds is 11. The number of hydrogen-bond acceptors (Lipinski definition) is 8. The Morgan fingerprint density at radius 3 is 2.39 bits per heavy atom. The van der Waals surface area contributed by atoms with E-state index in [1.165, 1.54) is 16.4 Å². The average molecular weight is 641 g/mol. The van der Waals surface area contributed by atoms with Crippen LogP contribution in [0.1, 0.15) is 37.7 Å². The lowest BCUT2D eigenvalue weighted by atomic mass is 9.91. The summed E-state index contributed by atoms with van der Waals surface area (Å²) in [6, 6.07) is 19.3. The van der Waals surface area contributed by atoms with Gasteiger partial charge in [0.25, 0.3) is 10.1 Å². The summed E-state index contributed by atoms with van der Waals surface area (Å²) in [7, 11) is -1.61. The Bertz CT molecular complexity index is 1910. The van der Waals surface area contributed by atoms with Gasteiger partial charge in [-0.2, -0.15) is 8.42 Å². The topological polar surface area (TPSA) is 95.8 Å². The third-order valence-electron chi connectivity index (χ3n) is 9.30. The molecule has 1 aliphatic heterocycles. The fourth-order valence-corrected chi connectivity index (χ4v) is 7.46. The summed E-state index contributed by atoms with van der Waals surface area (Å²) in [6.07, 6.45) is 10.6. The molecule has 0 amide bonds. The third kappa shape index (κ3) is 6.66. The second kappa shape index (κ2) is 13.1. The Labute approximate surface area is 270 Å². The van der Waals surface area contributed by atoms with Gasteiger partial charge in [0, 0.05) is 86.0 Å². The highest BCUT2D eigenvalue weighted by molar-refractivity contribution is 7.86. The summed E-state index contributed by atoms with van der Waals surface area (Å²) in [5, 5.41) is 2.36. The smallest absolute Gasteiger partial charge is 0.296 e. The number of aryl methyl sites for hydroxylation is 2. The van der Waals surface area contributed by atoms with Gasteiger partial charge in [-0.1, -0.05) is 29.8 Å². The molecule has 46 heavy (non-hydrogen) atoms. The maximum atomic E-state index is 12.4. The molecule has 1 saturated heterocycles. The number of piperidine rings is 1. The van der Waals surface area contributed by atoms with Gasteiger partial charge >= 0.3 is 0 Å². The highest BCUT2D eigenvalue weighted by atomic mass is 32.2. The number of fused-ring (bicyclic) bond motifs is 3. The molecule has 10 heteroatoms. The third-order valence-corrected chi connectivity index (χ3v) is 10.6. The van der Waals surface area contributed by atoms with Crippen molar-refractivity contribution in [1.29, 1.82) is 0 Å². The van der Waals surface area contributed by atoms with Crippen LogP contribution in [0.15, 0.2) is 84.1 Å². The standard InChI is InChI=1S/C36H40N4O5S/c1-25-4-8-31(9-5-25)46(41,42)43-19-3-16-40-17-13-28(14-18-40)44-29-21-30(22-29)45-36-11-7-27(23-38-36)26-6-10-32-33-24-37-15-12-34(33)39(2)35(32)20-26/h4-12,15,20,23-24,28-30H,3,13-14,16-19,21-22H2,1-2H3/t29-,30-. The van der Waals surface area contributed by atoms with Gasteiger partial charge in [0.05, 0.1) is 29.2 Å². The van der Waals surface area contributed by atoms with Crippen molar-refractivity contribution < 1.29 is 22.1 Å². The van der Waals surface area contributed by atoms with Crippen molar-refractivity contribution in [2.24, 2.45) is 7.05 Å². The van der Waals surface area contributed by atoms with Crippen molar-refractivity contribution in [3.63, 3.8) is 0 Å². The summed E-state index contributed by atoms with van der Waals surface area (Å²) < 4.78 is 44.7. The van der Waals surface area contributed by atoms with Crippen molar-refractivity contribution in [2.75, 3.05) is 26.2 Å². The molecule has 4 heterocycles. The predicted octanol–water partition coefficient (Wildman–Crippen LogP) is 6.28. The molecule has 0 spiro atoms. The van der Waals surface area contributed by atoms with Gasteiger partial charge in [-0.3, -0.25) is 9.17 Å². The average Bonchev–Trinajstić information content (AvgIpc) is 3.34. The zero-order valence-electron chi connectivity index (χ0n) is 26.3. The summed E-state index contributed by atoms with van der Waals surface area (Å²) in [5.74, 6) is 0.646. The van der Waals surface area contributed by atoms with Gasteiger partial charge in [0.15, 0.2) is 0 Å². The van der Waals surface area contributed by atoms with Gasteiger partial charge < -0.3 is 18.9 Å². The quantitative estimate of drug-likeness (QED) is 0.123. The first-order valence-electron chi connectivity index (χ1n) is 16.1. The molecular formula is C36H40N4O5S. The highest BCUT2D eigenvalue weighted by Gasteiger charge is 2.34. The Morgan fingerprint density at radius 1 is 0.848 bits per heavy atom. The number of nitrogens with zero attached hydrogens (tertiary/aromatic N) is 4. The number of ether oxygens (including phenoxy) is 2. The van der Waals surface area contributed by atoms with E-state index in [2.05, 4.69) is 50.7 Å². The van der Waals surface area contributed by atoms with E-state index in [0.717, 1.165) is 67.4 Å². The summed E-state index contributed by atoms with van der Waals surface area (Å²) in [6.45, 7) is 4.82. The first-order chi connectivity index (χ1) is 22.3. The van der Waals surface area contributed by atoms with E-state index in [1.54, 1.807) is 24.3 Å². The van der Waals surface area contributed by atoms with Crippen LogP contribution in [0.25, 0.3) is 32.9 Å². The molecule has 240 valence electrons. The van der Waals surface area contributed by atoms with E-state index in [-0.39, 0.29) is 29.8 Å². The van der Waals surface area contributed by atoms with Crippen LogP contribution in [0, 0.1) is 6.92 Å². The Balaban J connectivity index is 0.815. The summed E-state index contributed by atoms with van der Waals surface area (Å²) in [4.78, 5) is 11.5. The van der Waals surface area contributed by atoms with Crippen LogP contribution in [0.3, 0.4) is 0 Å². The van der Waals surface area contributed by atoms with E-state index >= 15 is 0 Å². The molecule has 0 N–H and O–H groups in total. The highest BCUT2D eigenvalue weighted by Crippen LogP contribution is 2.33. The van der Waals surface area contributed by atoms with Crippen LogP contribution in [0.2, 0.25) is 0 Å². The molecule has 0 unspecified atom stereocenters. The van der Waals surface area contributed by atoms with Crippen molar-refractivity contribution in [3.8, 4) is 17.0 Å². The Kier molecular flexibility index (Phi) is 8.78. The van der Waals surface area contributed by atoms with Crippen LogP contribution >= 0.6 is 0 Å². The first kappa shape index (κ1) is 30.8. The minimum absolute atomic E-state index is 0.125. The van der Waals surface area contributed by atoms with E-state index in [9.17, 15) is 8.42 Å². The zero-order chi connectivity index (χ0) is 31.7. The van der Waals surface area contributed by atoms with E-state index < -0.39 is 10.1 Å². The molecule has 1 aliphatic carbocycles. The minimum Gasteiger partial charge on any atom is -0.474 e. The first-order valence-corrected chi connectivity index (χ1v) is 17.5. The zero-order valence-corrected chi connectivity index (χ0v) is 27.2. The number of aromatic nitrogens is 3. The number of likely N-dealkylation sites (tertiary alicyclic amines) is 1. The predicted molar refractivity (Wildman–Crippen MR) is 178 cm³/mol. The van der Waals surface area contributed by atoms with Gasteiger partial charge in [-0.15, -0.1) is 0 Å². The number of benzene rings is 2.